The highest BCUT2D eigenvalue weighted by Gasteiger charge is 2.13. The van der Waals surface area contributed by atoms with Crippen molar-refractivity contribution in [1.29, 1.82) is 0 Å². The number of carbonyl (C=O) groups is 1. The number of carbonyl (C=O) groups excluding carboxylic acids is 1. The van der Waals surface area contributed by atoms with Crippen molar-refractivity contribution in [2.75, 3.05) is 6.26 Å². The smallest absolute Gasteiger partial charge is 0.255 e. The third-order valence-electron chi connectivity index (χ3n) is 3.18. The van der Waals surface area contributed by atoms with E-state index in [1.54, 1.807) is 24.2 Å². The van der Waals surface area contributed by atoms with Gasteiger partial charge in [-0.05, 0) is 12.7 Å². The summed E-state index contributed by atoms with van der Waals surface area (Å²) in [5.41, 5.74) is 2.30. The lowest BCUT2D eigenvalue weighted by atomic mass is 10.1. The molecule has 112 valence electrons. The first-order valence-electron chi connectivity index (χ1n) is 6.79. The van der Waals surface area contributed by atoms with Gasteiger partial charge < -0.3 is 9.88 Å². The topological polar surface area (TPSA) is 72.7 Å². The predicted octanol–water partition coefficient (Wildman–Crippen LogP) is 1.81. The molecule has 1 N–H and O–H groups in total. The number of imidazole rings is 1. The number of hydrogen-bond donors (Lipinski definition) is 1. The van der Waals surface area contributed by atoms with Crippen molar-refractivity contribution in [3.63, 3.8) is 0 Å². The lowest BCUT2D eigenvalue weighted by molar-refractivity contribution is 0.0948. The largest absolute Gasteiger partial charge is 0.346 e. The van der Waals surface area contributed by atoms with Crippen LogP contribution >= 0.6 is 11.8 Å². The van der Waals surface area contributed by atoms with Crippen molar-refractivity contribution in [2.24, 2.45) is 7.05 Å². The fourth-order valence-corrected chi connectivity index (χ4v) is 2.58. The molecule has 0 radical (unpaired) electrons. The third-order valence-corrected chi connectivity index (χ3v) is 3.93. The molecule has 0 aromatic carbocycles. The summed E-state index contributed by atoms with van der Waals surface area (Å²) >= 11 is 1.58. The van der Waals surface area contributed by atoms with Crippen LogP contribution in [0.2, 0.25) is 0 Å². The molecule has 2 heterocycles. The summed E-state index contributed by atoms with van der Waals surface area (Å²) in [6.07, 6.45) is 8.52. The summed E-state index contributed by atoms with van der Waals surface area (Å²) < 4.78 is 1.97. The van der Waals surface area contributed by atoms with Crippen LogP contribution < -0.4 is 5.32 Å². The lowest BCUT2D eigenvalue weighted by Gasteiger charge is -2.09. The number of hydrogen-bond acceptors (Lipinski definition) is 5. The van der Waals surface area contributed by atoms with Crippen molar-refractivity contribution >= 4 is 17.7 Å². The lowest BCUT2D eigenvalue weighted by Crippen LogP contribution is -2.25. The number of nitrogens with one attached hydrogen (secondary N) is 1. The standard InChI is InChI=1S/C14H19N5OS/c1-4-5-12-11(8-15-9-18-12)13(20)16-6-10-7-17-14(21-3)19(10)2/h7-9H,4-6H2,1-3H3,(H,16,20). The number of thioether (sulfide) groups is 1. The van der Waals surface area contributed by atoms with Gasteiger partial charge in [0.05, 0.1) is 29.7 Å². The van der Waals surface area contributed by atoms with E-state index in [4.69, 9.17) is 0 Å². The maximum Gasteiger partial charge on any atom is 0.255 e. The molecular formula is C14H19N5OS. The predicted molar refractivity (Wildman–Crippen MR) is 82.2 cm³/mol. The van der Waals surface area contributed by atoms with Crippen molar-refractivity contribution in [1.82, 2.24) is 24.8 Å². The molecule has 0 spiro atoms. The van der Waals surface area contributed by atoms with Crippen molar-refractivity contribution < 1.29 is 4.79 Å². The minimum absolute atomic E-state index is 0.147. The summed E-state index contributed by atoms with van der Waals surface area (Å²) in [6.45, 7) is 2.49. The minimum Gasteiger partial charge on any atom is -0.346 e. The van der Waals surface area contributed by atoms with Crippen LogP contribution in [-0.4, -0.2) is 31.7 Å². The normalized spacial score (nSPS) is 10.6. The molecule has 1 amide bonds. The first-order chi connectivity index (χ1) is 10.2. The zero-order valence-corrected chi connectivity index (χ0v) is 13.3. The molecule has 0 fully saturated rings. The second-order valence-electron chi connectivity index (χ2n) is 4.61. The average Bonchev–Trinajstić information content (AvgIpc) is 2.86. The van der Waals surface area contributed by atoms with Crippen LogP contribution in [0.3, 0.4) is 0 Å². The van der Waals surface area contributed by atoms with Gasteiger partial charge in [-0.25, -0.2) is 15.0 Å². The van der Waals surface area contributed by atoms with E-state index in [9.17, 15) is 4.79 Å². The van der Waals surface area contributed by atoms with Crippen LogP contribution in [0.15, 0.2) is 23.9 Å². The van der Waals surface area contributed by atoms with Gasteiger partial charge in [0.1, 0.15) is 6.33 Å². The van der Waals surface area contributed by atoms with Gasteiger partial charge in [0.15, 0.2) is 5.16 Å². The monoisotopic (exact) mass is 305 g/mol. The Hall–Kier alpha value is -1.89. The second-order valence-corrected chi connectivity index (χ2v) is 5.38. The van der Waals surface area contributed by atoms with E-state index in [1.165, 1.54) is 6.33 Å². The van der Waals surface area contributed by atoms with Gasteiger partial charge in [-0.1, -0.05) is 25.1 Å². The fraction of sp³-hybridized carbons (Fsp3) is 0.429. The summed E-state index contributed by atoms with van der Waals surface area (Å²) in [7, 11) is 1.94. The van der Waals surface area contributed by atoms with Crippen LogP contribution in [-0.2, 0) is 20.0 Å². The zero-order chi connectivity index (χ0) is 15.2. The molecule has 0 saturated heterocycles. The summed E-state index contributed by atoms with van der Waals surface area (Å²) in [5, 5.41) is 3.83. The molecular weight excluding hydrogens is 286 g/mol. The Bertz CT molecular complexity index is 626. The van der Waals surface area contributed by atoms with E-state index < -0.39 is 0 Å². The van der Waals surface area contributed by atoms with Gasteiger partial charge in [0.2, 0.25) is 0 Å². The van der Waals surface area contributed by atoms with E-state index in [0.29, 0.717) is 12.1 Å². The van der Waals surface area contributed by atoms with Crippen LogP contribution in [0.1, 0.15) is 35.1 Å². The Morgan fingerprint density at radius 3 is 2.86 bits per heavy atom. The van der Waals surface area contributed by atoms with Crippen molar-refractivity contribution in [3.05, 3.63) is 35.7 Å². The van der Waals surface area contributed by atoms with Gasteiger partial charge in [0, 0.05) is 13.2 Å². The fourth-order valence-electron chi connectivity index (χ4n) is 2.03. The SMILES string of the molecule is CCCc1ncncc1C(=O)NCc1cnc(SC)n1C. The molecule has 2 aromatic heterocycles. The minimum atomic E-state index is -0.147. The summed E-state index contributed by atoms with van der Waals surface area (Å²) in [6, 6.07) is 0. The maximum atomic E-state index is 12.3. The van der Waals surface area contributed by atoms with E-state index in [2.05, 4.69) is 27.2 Å². The first kappa shape index (κ1) is 15.5. The molecule has 0 unspecified atom stereocenters. The molecule has 0 saturated carbocycles. The Morgan fingerprint density at radius 1 is 1.38 bits per heavy atom. The first-order valence-corrected chi connectivity index (χ1v) is 8.01. The molecule has 21 heavy (non-hydrogen) atoms. The number of nitrogens with zero attached hydrogens (tertiary/aromatic N) is 4. The molecule has 0 aliphatic rings. The number of rotatable bonds is 6. The Balaban J connectivity index is 2.06. The van der Waals surface area contributed by atoms with Crippen LogP contribution in [0, 0.1) is 0 Å². The molecule has 6 nitrogen and oxygen atoms in total. The van der Waals surface area contributed by atoms with Crippen molar-refractivity contribution in [2.45, 2.75) is 31.5 Å². The molecule has 0 bridgehead atoms. The number of aryl methyl sites for hydroxylation is 1. The number of aromatic nitrogens is 4. The van der Waals surface area contributed by atoms with E-state index in [1.807, 2.05) is 17.9 Å². The average molecular weight is 305 g/mol. The van der Waals surface area contributed by atoms with Crippen LogP contribution in [0.25, 0.3) is 0 Å². The van der Waals surface area contributed by atoms with Gasteiger partial charge in [0.25, 0.3) is 5.91 Å². The Kier molecular flexibility index (Phi) is 5.32. The number of amides is 1. The molecule has 0 atom stereocenters. The van der Waals surface area contributed by atoms with E-state index >= 15 is 0 Å². The van der Waals surface area contributed by atoms with Crippen LogP contribution in [0.5, 0.6) is 0 Å². The highest BCUT2D eigenvalue weighted by atomic mass is 32.2. The molecule has 2 rings (SSSR count). The van der Waals surface area contributed by atoms with Crippen LogP contribution in [0.4, 0.5) is 0 Å². The maximum absolute atomic E-state index is 12.3. The van der Waals surface area contributed by atoms with Gasteiger partial charge in [-0.2, -0.15) is 0 Å². The van der Waals surface area contributed by atoms with E-state index in [0.717, 1.165) is 29.4 Å². The molecule has 7 heteroatoms. The van der Waals surface area contributed by atoms with Gasteiger partial charge in [-0.3, -0.25) is 4.79 Å². The third kappa shape index (κ3) is 3.60. The molecule has 0 aliphatic heterocycles. The molecule has 0 aliphatic carbocycles. The van der Waals surface area contributed by atoms with E-state index in [-0.39, 0.29) is 5.91 Å². The van der Waals surface area contributed by atoms with Gasteiger partial charge in [-0.15, -0.1) is 0 Å². The summed E-state index contributed by atoms with van der Waals surface area (Å²) in [4.78, 5) is 24.7. The highest BCUT2D eigenvalue weighted by molar-refractivity contribution is 7.98. The Morgan fingerprint density at radius 2 is 2.19 bits per heavy atom. The van der Waals surface area contributed by atoms with Gasteiger partial charge >= 0.3 is 0 Å². The Labute approximate surface area is 128 Å². The van der Waals surface area contributed by atoms with Crippen molar-refractivity contribution in [3.8, 4) is 0 Å². The zero-order valence-electron chi connectivity index (χ0n) is 12.5. The quantitative estimate of drug-likeness (QED) is 0.824. The summed E-state index contributed by atoms with van der Waals surface area (Å²) in [5.74, 6) is -0.147. The molecule has 2 aromatic rings. The second kappa shape index (κ2) is 7.21. The highest BCUT2D eigenvalue weighted by Crippen LogP contribution is 2.13.